The van der Waals surface area contributed by atoms with Crippen LogP contribution >= 0.6 is 23.2 Å². The lowest BCUT2D eigenvalue weighted by Crippen LogP contribution is -2.06. The second-order valence-corrected chi connectivity index (χ2v) is 5.34. The van der Waals surface area contributed by atoms with Crippen molar-refractivity contribution in [3.63, 3.8) is 0 Å². The summed E-state index contributed by atoms with van der Waals surface area (Å²) in [6.07, 6.45) is 0. The maximum Gasteiger partial charge on any atom is 0.160 e. The van der Waals surface area contributed by atoms with Crippen molar-refractivity contribution in [2.75, 3.05) is 5.32 Å². The Morgan fingerprint density at radius 3 is 2.11 bits per heavy atom. The molecule has 0 fully saturated rings. The number of rotatable bonds is 3. The van der Waals surface area contributed by atoms with Crippen molar-refractivity contribution in [3.05, 3.63) is 63.4 Å². The number of halogens is 3. The molecule has 19 heavy (non-hydrogen) atoms. The van der Waals surface area contributed by atoms with Crippen LogP contribution in [0.5, 0.6) is 0 Å². The second kappa shape index (κ2) is 5.81. The van der Waals surface area contributed by atoms with E-state index in [0.717, 1.165) is 5.56 Å². The van der Waals surface area contributed by atoms with Gasteiger partial charge in [0.25, 0.3) is 0 Å². The highest BCUT2D eigenvalue weighted by Gasteiger charge is 2.10. The van der Waals surface area contributed by atoms with Crippen LogP contribution in [0.25, 0.3) is 0 Å². The molecule has 2 rings (SSSR count). The molecule has 0 aliphatic heterocycles. The van der Waals surface area contributed by atoms with Crippen molar-refractivity contribution >= 4 is 28.9 Å². The highest BCUT2D eigenvalue weighted by Crippen LogP contribution is 2.29. The Hall–Kier alpha value is -1.25. The number of aryl methyl sites for hydroxylation is 1. The SMILES string of the molecule is Cc1ccc(C(C)Nc2cc(Cl)c(F)c(Cl)c2)cc1. The van der Waals surface area contributed by atoms with E-state index in [-0.39, 0.29) is 16.1 Å². The van der Waals surface area contributed by atoms with Gasteiger partial charge in [-0.05, 0) is 31.5 Å². The van der Waals surface area contributed by atoms with E-state index >= 15 is 0 Å². The van der Waals surface area contributed by atoms with Gasteiger partial charge in [0, 0.05) is 11.7 Å². The molecule has 0 bridgehead atoms. The van der Waals surface area contributed by atoms with Gasteiger partial charge in [0.2, 0.25) is 0 Å². The molecule has 1 unspecified atom stereocenters. The number of benzene rings is 2. The molecule has 1 nitrogen and oxygen atoms in total. The Morgan fingerprint density at radius 1 is 1.05 bits per heavy atom. The highest BCUT2D eigenvalue weighted by atomic mass is 35.5. The molecule has 0 aliphatic rings. The van der Waals surface area contributed by atoms with E-state index in [1.54, 1.807) is 0 Å². The second-order valence-electron chi connectivity index (χ2n) is 4.53. The molecule has 2 aromatic carbocycles. The molecule has 2 aromatic rings. The van der Waals surface area contributed by atoms with Crippen molar-refractivity contribution in [1.29, 1.82) is 0 Å². The standard InChI is InChI=1S/C15H14Cl2FN/c1-9-3-5-11(6-4-9)10(2)19-12-7-13(16)15(18)14(17)8-12/h3-8,10,19H,1-2H3. The van der Waals surface area contributed by atoms with E-state index < -0.39 is 5.82 Å². The zero-order valence-corrected chi connectivity index (χ0v) is 12.2. The molecular formula is C15H14Cl2FN. The van der Waals surface area contributed by atoms with E-state index in [1.807, 2.05) is 13.8 Å². The van der Waals surface area contributed by atoms with Gasteiger partial charge in [0.05, 0.1) is 10.0 Å². The molecule has 0 heterocycles. The molecular weight excluding hydrogens is 284 g/mol. The van der Waals surface area contributed by atoms with Crippen LogP contribution in [0.3, 0.4) is 0 Å². The molecule has 0 aliphatic carbocycles. The molecule has 0 amide bonds. The first-order valence-electron chi connectivity index (χ1n) is 5.95. The quantitative estimate of drug-likeness (QED) is 0.726. The van der Waals surface area contributed by atoms with E-state index in [0.29, 0.717) is 5.69 Å². The molecule has 0 saturated carbocycles. The van der Waals surface area contributed by atoms with Gasteiger partial charge < -0.3 is 5.32 Å². The third kappa shape index (κ3) is 3.40. The minimum atomic E-state index is -0.586. The molecule has 0 saturated heterocycles. The fourth-order valence-electron chi connectivity index (χ4n) is 1.83. The van der Waals surface area contributed by atoms with Crippen LogP contribution < -0.4 is 5.32 Å². The zero-order valence-electron chi connectivity index (χ0n) is 10.7. The summed E-state index contributed by atoms with van der Waals surface area (Å²) in [6.45, 7) is 4.07. The Bertz CT molecular complexity index is 558. The van der Waals surface area contributed by atoms with Crippen LogP contribution in [0.1, 0.15) is 24.1 Å². The third-order valence-electron chi connectivity index (χ3n) is 2.94. The summed E-state index contributed by atoms with van der Waals surface area (Å²) in [6, 6.07) is 11.4. The first-order chi connectivity index (χ1) is 8.97. The summed E-state index contributed by atoms with van der Waals surface area (Å²) in [4.78, 5) is 0. The van der Waals surface area contributed by atoms with Gasteiger partial charge >= 0.3 is 0 Å². The lowest BCUT2D eigenvalue weighted by molar-refractivity contribution is 0.628. The molecule has 0 radical (unpaired) electrons. The summed E-state index contributed by atoms with van der Waals surface area (Å²) in [7, 11) is 0. The number of hydrogen-bond donors (Lipinski definition) is 1. The highest BCUT2D eigenvalue weighted by molar-refractivity contribution is 6.35. The van der Waals surface area contributed by atoms with Gasteiger partial charge in [0.1, 0.15) is 0 Å². The van der Waals surface area contributed by atoms with Crippen LogP contribution in [0.4, 0.5) is 10.1 Å². The first-order valence-corrected chi connectivity index (χ1v) is 6.70. The molecule has 0 spiro atoms. The molecule has 4 heteroatoms. The van der Waals surface area contributed by atoms with Crippen LogP contribution in [-0.4, -0.2) is 0 Å². The zero-order chi connectivity index (χ0) is 14.0. The maximum atomic E-state index is 13.3. The number of anilines is 1. The van der Waals surface area contributed by atoms with Crippen molar-refractivity contribution < 1.29 is 4.39 Å². The summed E-state index contributed by atoms with van der Waals surface area (Å²) >= 11 is 11.5. The maximum absolute atomic E-state index is 13.3. The van der Waals surface area contributed by atoms with Crippen molar-refractivity contribution in [1.82, 2.24) is 0 Å². The van der Waals surface area contributed by atoms with Crippen molar-refractivity contribution in [2.24, 2.45) is 0 Å². The average molecular weight is 298 g/mol. The predicted molar refractivity (Wildman–Crippen MR) is 79.6 cm³/mol. The lowest BCUT2D eigenvalue weighted by atomic mass is 10.1. The lowest BCUT2D eigenvalue weighted by Gasteiger charge is -2.16. The fourth-order valence-corrected chi connectivity index (χ4v) is 2.31. The first kappa shape index (κ1) is 14.2. The Balaban J connectivity index is 2.19. The fraction of sp³-hybridized carbons (Fsp3) is 0.200. The van der Waals surface area contributed by atoms with Gasteiger partial charge in [0.15, 0.2) is 5.82 Å². The minimum absolute atomic E-state index is 0.0195. The Morgan fingerprint density at radius 2 is 1.58 bits per heavy atom. The van der Waals surface area contributed by atoms with Crippen LogP contribution in [0, 0.1) is 12.7 Å². The summed E-state index contributed by atoms with van der Waals surface area (Å²) < 4.78 is 13.3. The van der Waals surface area contributed by atoms with Crippen LogP contribution in [0.15, 0.2) is 36.4 Å². The molecule has 0 aromatic heterocycles. The van der Waals surface area contributed by atoms with Gasteiger partial charge in [-0.2, -0.15) is 0 Å². The number of hydrogen-bond acceptors (Lipinski definition) is 1. The average Bonchev–Trinajstić information content (AvgIpc) is 2.36. The van der Waals surface area contributed by atoms with Gasteiger partial charge in [-0.3, -0.25) is 0 Å². The normalized spacial score (nSPS) is 12.3. The summed E-state index contributed by atoms with van der Waals surface area (Å²) in [5.41, 5.74) is 3.05. The molecule has 1 N–H and O–H groups in total. The monoisotopic (exact) mass is 297 g/mol. The summed E-state index contributed by atoms with van der Waals surface area (Å²) in [5.74, 6) is -0.586. The van der Waals surface area contributed by atoms with E-state index in [1.165, 1.54) is 17.7 Å². The van der Waals surface area contributed by atoms with Crippen molar-refractivity contribution in [3.8, 4) is 0 Å². The van der Waals surface area contributed by atoms with E-state index in [9.17, 15) is 4.39 Å². The predicted octanol–water partition coefficient (Wildman–Crippen LogP) is 5.61. The van der Waals surface area contributed by atoms with Crippen LogP contribution in [0.2, 0.25) is 10.0 Å². The smallest absolute Gasteiger partial charge is 0.160 e. The van der Waals surface area contributed by atoms with Gasteiger partial charge in [-0.1, -0.05) is 53.0 Å². The number of nitrogens with one attached hydrogen (secondary N) is 1. The van der Waals surface area contributed by atoms with Crippen molar-refractivity contribution in [2.45, 2.75) is 19.9 Å². The third-order valence-corrected chi connectivity index (χ3v) is 3.49. The van der Waals surface area contributed by atoms with E-state index in [2.05, 4.69) is 29.6 Å². The summed E-state index contributed by atoms with van der Waals surface area (Å²) in [5, 5.41) is 3.29. The minimum Gasteiger partial charge on any atom is -0.378 e. The molecule has 1 atom stereocenters. The van der Waals surface area contributed by atoms with Gasteiger partial charge in [-0.15, -0.1) is 0 Å². The largest absolute Gasteiger partial charge is 0.378 e. The van der Waals surface area contributed by atoms with Crippen LogP contribution in [-0.2, 0) is 0 Å². The Kier molecular flexibility index (Phi) is 4.33. The Labute approximate surface area is 122 Å². The molecule has 100 valence electrons. The topological polar surface area (TPSA) is 12.0 Å². The van der Waals surface area contributed by atoms with E-state index in [4.69, 9.17) is 23.2 Å². The van der Waals surface area contributed by atoms with Gasteiger partial charge in [-0.25, -0.2) is 4.39 Å².